The Bertz CT molecular complexity index is 531. The lowest BCUT2D eigenvalue weighted by atomic mass is 9.46. The summed E-state index contributed by atoms with van der Waals surface area (Å²) in [5.41, 5.74) is 0.612. The molecule has 0 radical (unpaired) electrons. The molecular formula is C19H30O4. The van der Waals surface area contributed by atoms with Crippen LogP contribution in [-0.4, -0.2) is 44.8 Å². The van der Waals surface area contributed by atoms with Crippen LogP contribution in [0.5, 0.6) is 0 Å². The zero-order valence-corrected chi connectivity index (χ0v) is 14.2. The molecule has 0 aromatic rings. The Hall–Kier alpha value is -0.420. The van der Waals surface area contributed by atoms with E-state index in [2.05, 4.69) is 13.8 Å². The smallest absolute Gasteiger partial charge is 0.0757 e. The van der Waals surface area contributed by atoms with Gasteiger partial charge in [-0.1, -0.05) is 25.5 Å². The second-order valence-corrected chi connectivity index (χ2v) is 9.00. The predicted octanol–water partition coefficient (Wildman–Crippen LogP) is 1.61. The van der Waals surface area contributed by atoms with Crippen LogP contribution in [0.2, 0.25) is 0 Å². The number of aliphatic hydroxyl groups excluding tert-OH is 4. The Balaban J connectivity index is 1.76. The molecule has 4 aliphatic rings. The molecule has 4 nitrogen and oxygen atoms in total. The number of rotatable bonds is 0. The van der Waals surface area contributed by atoms with Crippen molar-refractivity contribution < 1.29 is 20.4 Å². The minimum absolute atomic E-state index is 0.0943. The van der Waals surface area contributed by atoms with Gasteiger partial charge < -0.3 is 20.4 Å². The quantitative estimate of drug-likeness (QED) is 0.511. The maximum atomic E-state index is 10.9. The van der Waals surface area contributed by atoms with Crippen molar-refractivity contribution >= 4 is 0 Å². The molecule has 4 aliphatic carbocycles. The third-order valence-corrected chi connectivity index (χ3v) is 8.15. The van der Waals surface area contributed by atoms with E-state index in [1.165, 1.54) is 0 Å². The van der Waals surface area contributed by atoms with Gasteiger partial charge in [0.05, 0.1) is 24.4 Å². The minimum atomic E-state index is -0.548. The molecule has 130 valence electrons. The van der Waals surface area contributed by atoms with Crippen LogP contribution in [0.3, 0.4) is 0 Å². The molecule has 0 aromatic carbocycles. The molecule has 4 unspecified atom stereocenters. The Morgan fingerprint density at radius 3 is 2.43 bits per heavy atom. The normalized spacial score (nSPS) is 58.9. The van der Waals surface area contributed by atoms with E-state index in [1.54, 1.807) is 0 Å². The highest BCUT2D eigenvalue weighted by Gasteiger charge is 2.62. The van der Waals surface area contributed by atoms with Gasteiger partial charge in [0.15, 0.2) is 0 Å². The summed E-state index contributed by atoms with van der Waals surface area (Å²) < 4.78 is 0. The maximum Gasteiger partial charge on any atom is 0.0757 e. The average Bonchev–Trinajstić information content (AvgIpc) is 2.78. The molecule has 4 heteroatoms. The lowest BCUT2D eigenvalue weighted by Gasteiger charge is -2.59. The van der Waals surface area contributed by atoms with Crippen LogP contribution in [-0.2, 0) is 0 Å². The van der Waals surface area contributed by atoms with Gasteiger partial charge in [-0.2, -0.15) is 0 Å². The van der Waals surface area contributed by atoms with E-state index in [0.29, 0.717) is 18.8 Å². The standard InChI is InChI=1S/C19H30O4/c1-18-6-5-13-17(12(18)3-4-15(18)22)14(21)8-10-7-11(20)9-16(23)19(10,13)2/h8,11-17,20-23H,3-7,9H2,1-2H3/t11?,12-,13+,14?,15?,16?,17-,18-,19-/m0/s1. The van der Waals surface area contributed by atoms with Gasteiger partial charge in [-0.05, 0) is 55.3 Å². The van der Waals surface area contributed by atoms with E-state index in [0.717, 1.165) is 31.3 Å². The van der Waals surface area contributed by atoms with E-state index >= 15 is 0 Å². The highest BCUT2D eigenvalue weighted by Crippen LogP contribution is 2.64. The number of hydrogen-bond acceptors (Lipinski definition) is 4. The summed E-state index contributed by atoms with van der Waals surface area (Å²) >= 11 is 0. The van der Waals surface area contributed by atoms with Crippen molar-refractivity contribution in [2.45, 2.75) is 76.8 Å². The van der Waals surface area contributed by atoms with E-state index in [9.17, 15) is 20.4 Å². The molecule has 0 saturated heterocycles. The molecule has 0 aliphatic heterocycles. The summed E-state index contributed by atoms with van der Waals surface area (Å²) in [6, 6.07) is 0. The predicted molar refractivity (Wildman–Crippen MR) is 86.5 cm³/mol. The zero-order valence-electron chi connectivity index (χ0n) is 14.2. The molecule has 9 atom stereocenters. The van der Waals surface area contributed by atoms with Gasteiger partial charge in [0.2, 0.25) is 0 Å². The first-order chi connectivity index (χ1) is 10.8. The molecule has 3 saturated carbocycles. The number of fused-ring (bicyclic) bond motifs is 5. The monoisotopic (exact) mass is 322 g/mol. The molecule has 4 N–H and O–H groups in total. The molecule has 0 bridgehead atoms. The van der Waals surface area contributed by atoms with Gasteiger partial charge in [0, 0.05) is 11.8 Å². The summed E-state index contributed by atoms with van der Waals surface area (Å²) in [4.78, 5) is 0. The van der Waals surface area contributed by atoms with Gasteiger partial charge in [0.25, 0.3) is 0 Å². The van der Waals surface area contributed by atoms with Crippen LogP contribution in [0.25, 0.3) is 0 Å². The molecule has 4 rings (SSSR count). The molecule has 3 fully saturated rings. The van der Waals surface area contributed by atoms with Crippen LogP contribution >= 0.6 is 0 Å². The van der Waals surface area contributed by atoms with Crippen molar-refractivity contribution in [1.29, 1.82) is 0 Å². The Morgan fingerprint density at radius 1 is 0.957 bits per heavy atom. The first kappa shape index (κ1) is 16.1. The number of hydrogen-bond donors (Lipinski definition) is 4. The van der Waals surface area contributed by atoms with E-state index in [1.807, 2.05) is 6.08 Å². The topological polar surface area (TPSA) is 80.9 Å². The third kappa shape index (κ3) is 1.98. The summed E-state index contributed by atoms with van der Waals surface area (Å²) in [6.45, 7) is 4.31. The highest BCUT2D eigenvalue weighted by molar-refractivity contribution is 5.29. The van der Waals surface area contributed by atoms with E-state index in [-0.39, 0.29) is 28.8 Å². The van der Waals surface area contributed by atoms with Crippen LogP contribution < -0.4 is 0 Å². The molecular weight excluding hydrogens is 292 g/mol. The molecule has 0 heterocycles. The van der Waals surface area contributed by atoms with Crippen LogP contribution in [0, 0.1) is 28.6 Å². The van der Waals surface area contributed by atoms with Crippen molar-refractivity contribution in [2.24, 2.45) is 28.6 Å². The largest absolute Gasteiger partial charge is 0.393 e. The van der Waals surface area contributed by atoms with Crippen LogP contribution in [0.1, 0.15) is 52.4 Å². The zero-order chi connectivity index (χ0) is 16.6. The summed E-state index contributed by atoms with van der Waals surface area (Å²) in [5, 5.41) is 42.1. The van der Waals surface area contributed by atoms with Gasteiger partial charge in [-0.15, -0.1) is 0 Å². The van der Waals surface area contributed by atoms with Crippen molar-refractivity contribution in [3.8, 4) is 0 Å². The third-order valence-electron chi connectivity index (χ3n) is 8.15. The molecule has 23 heavy (non-hydrogen) atoms. The maximum absolute atomic E-state index is 10.9. The SMILES string of the molecule is C[C@]12CC[C@@H]3[C@@H](C(O)C=C4CC(O)CC(O)[C@@]43C)[C@@H]1CCC2O. The van der Waals surface area contributed by atoms with Crippen LogP contribution in [0.4, 0.5) is 0 Å². The lowest BCUT2D eigenvalue weighted by molar-refractivity contribution is -0.137. The first-order valence-corrected chi connectivity index (χ1v) is 9.22. The Labute approximate surface area is 138 Å². The number of aliphatic hydroxyl groups is 4. The molecule has 0 spiro atoms. The summed E-state index contributed by atoms with van der Waals surface area (Å²) in [7, 11) is 0. The van der Waals surface area contributed by atoms with Gasteiger partial charge in [0.1, 0.15) is 0 Å². The fraction of sp³-hybridized carbons (Fsp3) is 0.895. The van der Waals surface area contributed by atoms with Gasteiger partial charge in [-0.25, -0.2) is 0 Å². The summed E-state index contributed by atoms with van der Waals surface area (Å²) in [6.07, 6.45) is 4.77. The van der Waals surface area contributed by atoms with Gasteiger partial charge in [-0.3, -0.25) is 0 Å². The summed E-state index contributed by atoms with van der Waals surface area (Å²) in [5.74, 6) is 0.674. The average molecular weight is 322 g/mol. The Kier molecular flexibility index (Phi) is 3.52. The van der Waals surface area contributed by atoms with Crippen molar-refractivity contribution in [3.05, 3.63) is 11.6 Å². The van der Waals surface area contributed by atoms with E-state index in [4.69, 9.17) is 0 Å². The van der Waals surface area contributed by atoms with Gasteiger partial charge >= 0.3 is 0 Å². The second kappa shape index (κ2) is 5.04. The molecule has 0 aromatic heterocycles. The Morgan fingerprint density at radius 2 is 1.70 bits per heavy atom. The second-order valence-electron chi connectivity index (χ2n) is 9.00. The fourth-order valence-electron chi connectivity index (χ4n) is 6.67. The van der Waals surface area contributed by atoms with Crippen molar-refractivity contribution in [1.82, 2.24) is 0 Å². The highest BCUT2D eigenvalue weighted by atomic mass is 16.3. The minimum Gasteiger partial charge on any atom is -0.393 e. The van der Waals surface area contributed by atoms with Crippen LogP contribution in [0.15, 0.2) is 11.6 Å². The lowest BCUT2D eigenvalue weighted by Crippen LogP contribution is -2.59. The van der Waals surface area contributed by atoms with E-state index < -0.39 is 18.3 Å². The molecule has 0 amide bonds. The van der Waals surface area contributed by atoms with Crippen molar-refractivity contribution in [3.63, 3.8) is 0 Å². The van der Waals surface area contributed by atoms with Crippen molar-refractivity contribution in [2.75, 3.05) is 0 Å². The fourth-order valence-corrected chi connectivity index (χ4v) is 6.67. The first-order valence-electron chi connectivity index (χ1n) is 9.22.